The molecule has 5 rings (SSSR count). The Morgan fingerprint density at radius 1 is 0.862 bits per heavy atom. The topological polar surface area (TPSA) is 79.4 Å². The number of nitrogens with one attached hydrogen (secondary N) is 2. The third-order valence-corrected chi connectivity index (χ3v) is 4.72. The normalized spacial score (nSPS) is 10.9. The van der Waals surface area contributed by atoms with E-state index in [0.717, 1.165) is 40.1 Å². The first-order valence-electron chi connectivity index (χ1n) is 9.35. The SMILES string of the molecule is c1ccc(Cc2nc(Nc3ccncn3)cc3[nH]c(-c4cccnc4)cc23)cc1. The Hall–Kier alpha value is -4.06. The molecular weight excluding hydrogens is 360 g/mol. The minimum atomic E-state index is 0.705. The summed E-state index contributed by atoms with van der Waals surface area (Å²) in [5, 5.41) is 4.37. The highest BCUT2D eigenvalue weighted by Crippen LogP contribution is 2.29. The Morgan fingerprint density at radius 3 is 2.59 bits per heavy atom. The largest absolute Gasteiger partial charge is 0.354 e. The third kappa shape index (κ3) is 3.68. The fourth-order valence-corrected chi connectivity index (χ4v) is 3.36. The number of aromatic nitrogens is 5. The number of benzene rings is 1. The second-order valence-corrected chi connectivity index (χ2v) is 6.72. The van der Waals surface area contributed by atoms with Gasteiger partial charge >= 0.3 is 0 Å². The molecule has 6 heteroatoms. The van der Waals surface area contributed by atoms with Crippen molar-refractivity contribution in [3.63, 3.8) is 0 Å². The van der Waals surface area contributed by atoms with Crippen LogP contribution in [0, 0.1) is 0 Å². The molecular formula is C23H18N6. The van der Waals surface area contributed by atoms with Gasteiger partial charge in [0.2, 0.25) is 0 Å². The molecule has 2 N–H and O–H groups in total. The molecule has 0 aliphatic heterocycles. The number of pyridine rings is 2. The van der Waals surface area contributed by atoms with E-state index in [1.807, 2.05) is 48.7 Å². The van der Waals surface area contributed by atoms with Crippen molar-refractivity contribution in [3.8, 4) is 11.3 Å². The van der Waals surface area contributed by atoms with Crippen molar-refractivity contribution in [2.45, 2.75) is 6.42 Å². The predicted octanol–water partition coefficient (Wildman–Crippen LogP) is 4.75. The lowest BCUT2D eigenvalue weighted by Gasteiger charge is -2.09. The molecule has 6 nitrogen and oxygen atoms in total. The van der Waals surface area contributed by atoms with Gasteiger partial charge in [-0.2, -0.15) is 0 Å². The van der Waals surface area contributed by atoms with Crippen LogP contribution in [0.5, 0.6) is 0 Å². The summed E-state index contributed by atoms with van der Waals surface area (Å²) in [6, 6.07) is 20.3. The molecule has 0 aliphatic rings. The van der Waals surface area contributed by atoms with E-state index < -0.39 is 0 Å². The van der Waals surface area contributed by atoms with E-state index in [1.54, 1.807) is 12.4 Å². The number of anilines is 2. The summed E-state index contributed by atoms with van der Waals surface area (Å²) in [6.07, 6.45) is 7.59. The summed E-state index contributed by atoms with van der Waals surface area (Å²) in [5.41, 5.74) is 5.28. The van der Waals surface area contributed by atoms with Crippen molar-refractivity contribution in [2.24, 2.45) is 0 Å². The number of fused-ring (bicyclic) bond motifs is 1. The van der Waals surface area contributed by atoms with Crippen LogP contribution in [0.25, 0.3) is 22.2 Å². The standard InChI is InChI=1S/C23H18N6/c1-2-5-16(6-3-1)11-20-18-12-19(17-7-4-9-24-14-17)27-21(18)13-23(28-20)29-22-8-10-25-15-26-22/h1-10,12-15,27H,11H2,(H,25,26,28,29). The monoisotopic (exact) mass is 378 g/mol. The van der Waals surface area contributed by atoms with Gasteiger partial charge in [-0.05, 0) is 29.8 Å². The van der Waals surface area contributed by atoms with Gasteiger partial charge in [0.15, 0.2) is 0 Å². The third-order valence-electron chi connectivity index (χ3n) is 4.72. The maximum Gasteiger partial charge on any atom is 0.134 e. The smallest absolute Gasteiger partial charge is 0.134 e. The summed E-state index contributed by atoms with van der Waals surface area (Å²) in [7, 11) is 0. The van der Waals surface area contributed by atoms with E-state index in [0.29, 0.717) is 5.82 Å². The first-order valence-corrected chi connectivity index (χ1v) is 9.35. The average molecular weight is 378 g/mol. The van der Waals surface area contributed by atoms with Gasteiger partial charge in [0.1, 0.15) is 18.0 Å². The van der Waals surface area contributed by atoms with E-state index in [1.165, 1.54) is 11.9 Å². The number of nitrogens with zero attached hydrogens (tertiary/aromatic N) is 4. The Balaban J connectivity index is 1.61. The van der Waals surface area contributed by atoms with Gasteiger partial charge in [0, 0.05) is 47.7 Å². The number of hydrogen-bond donors (Lipinski definition) is 2. The van der Waals surface area contributed by atoms with Crippen LogP contribution in [-0.2, 0) is 6.42 Å². The highest BCUT2D eigenvalue weighted by Gasteiger charge is 2.12. The molecule has 0 saturated heterocycles. The Bertz CT molecular complexity index is 1230. The lowest BCUT2D eigenvalue weighted by molar-refractivity contribution is 1.09. The van der Waals surface area contributed by atoms with Crippen molar-refractivity contribution >= 4 is 22.5 Å². The van der Waals surface area contributed by atoms with Crippen LogP contribution < -0.4 is 5.32 Å². The van der Waals surface area contributed by atoms with Crippen molar-refractivity contribution in [3.05, 3.63) is 96.8 Å². The van der Waals surface area contributed by atoms with Crippen molar-refractivity contribution < 1.29 is 0 Å². The number of hydrogen-bond acceptors (Lipinski definition) is 5. The molecule has 0 atom stereocenters. The lowest BCUT2D eigenvalue weighted by Crippen LogP contribution is -2.00. The highest BCUT2D eigenvalue weighted by atomic mass is 15.1. The van der Waals surface area contributed by atoms with Gasteiger partial charge in [-0.25, -0.2) is 15.0 Å². The van der Waals surface area contributed by atoms with Crippen molar-refractivity contribution in [1.29, 1.82) is 0 Å². The molecule has 0 unspecified atom stereocenters. The first-order chi connectivity index (χ1) is 14.3. The van der Waals surface area contributed by atoms with Crippen LogP contribution >= 0.6 is 0 Å². The molecule has 0 radical (unpaired) electrons. The molecule has 0 bridgehead atoms. The summed E-state index contributed by atoms with van der Waals surface area (Å²) in [6.45, 7) is 0. The number of rotatable bonds is 5. The molecule has 140 valence electrons. The van der Waals surface area contributed by atoms with E-state index in [4.69, 9.17) is 4.98 Å². The predicted molar refractivity (Wildman–Crippen MR) is 114 cm³/mol. The van der Waals surface area contributed by atoms with E-state index >= 15 is 0 Å². The zero-order valence-corrected chi connectivity index (χ0v) is 15.6. The molecule has 1 aromatic carbocycles. The highest BCUT2D eigenvalue weighted by molar-refractivity contribution is 5.89. The quantitative estimate of drug-likeness (QED) is 0.461. The van der Waals surface area contributed by atoms with Gasteiger partial charge in [-0.3, -0.25) is 4.98 Å². The van der Waals surface area contributed by atoms with Crippen LogP contribution in [-0.4, -0.2) is 24.9 Å². The summed E-state index contributed by atoms with van der Waals surface area (Å²) >= 11 is 0. The van der Waals surface area contributed by atoms with Gasteiger partial charge in [0.05, 0.1) is 11.2 Å². The Labute approximate surface area is 167 Å². The van der Waals surface area contributed by atoms with Crippen LogP contribution in [0.15, 0.2) is 85.6 Å². The Morgan fingerprint density at radius 2 is 1.79 bits per heavy atom. The van der Waals surface area contributed by atoms with E-state index in [9.17, 15) is 0 Å². The fourth-order valence-electron chi connectivity index (χ4n) is 3.36. The molecule has 0 saturated carbocycles. The Kier molecular flexibility index (Phi) is 4.42. The van der Waals surface area contributed by atoms with Gasteiger partial charge < -0.3 is 10.3 Å². The molecule has 5 aromatic rings. The van der Waals surface area contributed by atoms with Gasteiger partial charge in [-0.15, -0.1) is 0 Å². The minimum absolute atomic E-state index is 0.705. The van der Waals surface area contributed by atoms with Crippen LogP contribution in [0.1, 0.15) is 11.3 Å². The molecule has 4 heterocycles. The van der Waals surface area contributed by atoms with Crippen LogP contribution in [0.3, 0.4) is 0 Å². The fraction of sp³-hybridized carbons (Fsp3) is 0.0435. The zero-order chi connectivity index (χ0) is 19.5. The maximum atomic E-state index is 4.89. The lowest BCUT2D eigenvalue weighted by atomic mass is 10.1. The number of aromatic amines is 1. The van der Waals surface area contributed by atoms with Gasteiger partial charge in [-0.1, -0.05) is 30.3 Å². The van der Waals surface area contributed by atoms with Crippen molar-refractivity contribution in [2.75, 3.05) is 5.32 Å². The molecule has 0 aliphatic carbocycles. The van der Waals surface area contributed by atoms with E-state index in [2.05, 4.69) is 43.5 Å². The first kappa shape index (κ1) is 17.1. The average Bonchev–Trinajstić information content (AvgIpc) is 3.20. The van der Waals surface area contributed by atoms with Gasteiger partial charge in [0.25, 0.3) is 0 Å². The molecule has 29 heavy (non-hydrogen) atoms. The minimum Gasteiger partial charge on any atom is -0.354 e. The summed E-state index contributed by atoms with van der Waals surface area (Å²) < 4.78 is 0. The van der Waals surface area contributed by atoms with Crippen molar-refractivity contribution in [1.82, 2.24) is 24.9 Å². The molecule has 0 fully saturated rings. The number of H-pyrrole nitrogens is 1. The zero-order valence-electron chi connectivity index (χ0n) is 15.6. The van der Waals surface area contributed by atoms with E-state index in [-0.39, 0.29) is 0 Å². The van der Waals surface area contributed by atoms with Crippen LogP contribution in [0.2, 0.25) is 0 Å². The maximum absolute atomic E-state index is 4.89. The van der Waals surface area contributed by atoms with Crippen LogP contribution in [0.4, 0.5) is 11.6 Å². The molecule has 0 spiro atoms. The summed E-state index contributed by atoms with van der Waals surface area (Å²) in [4.78, 5) is 20.8. The second-order valence-electron chi connectivity index (χ2n) is 6.72. The second kappa shape index (κ2) is 7.52. The molecule has 0 amide bonds. The molecule has 4 aromatic heterocycles. The summed E-state index contributed by atoms with van der Waals surface area (Å²) in [5.74, 6) is 1.44.